The molecule has 0 spiro atoms. The summed E-state index contributed by atoms with van der Waals surface area (Å²) in [5, 5.41) is 6.44. The maximum Gasteiger partial charge on any atom is 0.195 e. The van der Waals surface area contributed by atoms with Gasteiger partial charge in [-0.05, 0) is 43.2 Å². The summed E-state index contributed by atoms with van der Waals surface area (Å²) in [5.41, 5.74) is 2.32. The Kier molecular flexibility index (Phi) is 7.13. The Hall–Kier alpha value is -3.00. The minimum Gasteiger partial charge on any atom is -0.493 e. The fourth-order valence-corrected chi connectivity index (χ4v) is 3.09. The van der Waals surface area contributed by atoms with Crippen molar-refractivity contribution in [2.45, 2.75) is 20.0 Å². The molecule has 156 valence electrons. The van der Waals surface area contributed by atoms with Gasteiger partial charge in [-0.1, -0.05) is 0 Å². The number of methoxy groups -OCH3 is 2. The van der Waals surface area contributed by atoms with E-state index in [1.165, 1.54) is 12.1 Å². The van der Waals surface area contributed by atoms with Crippen molar-refractivity contribution in [3.63, 3.8) is 0 Å². The number of halogens is 1. The van der Waals surface area contributed by atoms with E-state index in [1.807, 2.05) is 25.1 Å². The molecule has 0 atom stereocenters. The van der Waals surface area contributed by atoms with Crippen LogP contribution >= 0.6 is 0 Å². The van der Waals surface area contributed by atoms with Crippen LogP contribution in [-0.2, 0) is 17.8 Å². The molecule has 0 aliphatic carbocycles. The third kappa shape index (κ3) is 5.29. The van der Waals surface area contributed by atoms with E-state index in [1.54, 1.807) is 14.2 Å². The van der Waals surface area contributed by atoms with Crippen LogP contribution in [0, 0.1) is 5.82 Å². The monoisotopic (exact) mass is 403 g/mol. The van der Waals surface area contributed by atoms with Gasteiger partial charge in [0.2, 0.25) is 0 Å². The molecule has 3 rings (SSSR count). The fourth-order valence-electron chi connectivity index (χ4n) is 3.09. The maximum atomic E-state index is 13.9. The highest BCUT2D eigenvalue weighted by molar-refractivity contribution is 5.93. The van der Waals surface area contributed by atoms with Gasteiger partial charge >= 0.3 is 0 Å². The Morgan fingerprint density at radius 3 is 2.76 bits per heavy atom. The van der Waals surface area contributed by atoms with E-state index in [0.717, 1.165) is 16.8 Å². The number of nitrogens with one attached hydrogen (secondary N) is 2. The minimum atomic E-state index is -0.299. The van der Waals surface area contributed by atoms with Gasteiger partial charge in [-0.15, -0.1) is 0 Å². The number of fused-ring (bicyclic) bond motifs is 1. The lowest BCUT2D eigenvalue weighted by molar-refractivity contribution is -0.0172. The molecule has 2 aromatic carbocycles. The molecule has 1 aliphatic rings. The summed E-state index contributed by atoms with van der Waals surface area (Å²) < 4.78 is 35.3. The molecule has 1 heterocycles. The normalized spacial score (nSPS) is 13.3. The minimum absolute atomic E-state index is 0.179. The smallest absolute Gasteiger partial charge is 0.195 e. The van der Waals surface area contributed by atoms with Gasteiger partial charge in [0.1, 0.15) is 11.6 Å². The number of nitrogens with zero attached hydrogens (tertiary/aromatic N) is 1. The molecule has 2 N–H and O–H groups in total. The van der Waals surface area contributed by atoms with Crippen molar-refractivity contribution in [3.05, 3.63) is 47.3 Å². The average Bonchev–Trinajstić information content (AvgIpc) is 2.73. The molecule has 2 aromatic rings. The van der Waals surface area contributed by atoms with E-state index in [0.29, 0.717) is 49.3 Å². The Morgan fingerprint density at radius 1 is 1.17 bits per heavy atom. The first-order valence-corrected chi connectivity index (χ1v) is 9.43. The number of benzene rings is 2. The molecule has 8 heteroatoms. The van der Waals surface area contributed by atoms with Gasteiger partial charge in [0.15, 0.2) is 24.3 Å². The van der Waals surface area contributed by atoms with Crippen LogP contribution in [0.4, 0.5) is 10.1 Å². The molecule has 0 aromatic heterocycles. The Labute approximate surface area is 169 Å². The SMILES string of the molecule is CCNC(=NCCc1cc(F)cc2c1OCOC2)Nc1ccc(OC)c(OC)c1. The Morgan fingerprint density at radius 2 is 2.00 bits per heavy atom. The standard InChI is InChI=1S/C21H26FN3O4/c1-4-23-21(25-17-5-6-18(26-2)19(11-17)27-3)24-8-7-14-9-16(22)10-15-12-28-13-29-20(14)15/h5-6,9-11H,4,7-8,12-13H2,1-3H3,(H2,23,24,25). The summed E-state index contributed by atoms with van der Waals surface area (Å²) in [4.78, 5) is 4.59. The molecule has 0 saturated heterocycles. The molecular weight excluding hydrogens is 377 g/mol. The van der Waals surface area contributed by atoms with E-state index in [9.17, 15) is 4.39 Å². The van der Waals surface area contributed by atoms with Gasteiger partial charge in [-0.2, -0.15) is 0 Å². The van der Waals surface area contributed by atoms with Gasteiger partial charge in [0, 0.05) is 30.4 Å². The number of rotatable bonds is 7. The zero-order valence-corrected chi connectivity index (χ0v) is 16.9. The lowest BCUT2D eigenvalue weighted by Gasteiger charge is -2.20. The summed E-state index contributed by atoms with van der Waals surface area (Å²) in [6.07, 6.45) is 0.544. The Bertz CT molecular complexity index is 873. The summed E-state index contributed by atoms with van der Waals surface area (Å²) in [7, 11) is 3.19. The zero-order chi connectivity index (χ0) is 20.6. The molecule has 0 radical (unpaired) electrons. The number of guanidine groups is 1. The largest absolute Gasteiger partial charge is 0.493 e. The van der Waals surface area contributed by atoms with Crippen LogP contribution in [0.15, 0.2) is 35.3 Å². The highest BCUT2D eigenvalue weighted by Crippen LogP contribution is 2.30. The van der Waals surface area contributed by atoms with Crippen LogP contribution in [0.1, 0.15) is 18.1 Å². The van der Waals surface area contributed by atoms with Crippen molar-refractivity contribution < 1.29 is 23.3 Å². The highest BCUT2D eigenvalue weighted by atomic mass is 19.1. The molecule has 1 aliphatic heterocycles. The lowest BCUT2D eigenvalue weighted by atomic mass is 10.1. The third-order valence-corrected chi connectivity index (χ3v) is 4.39. The topological polar surface area (TPSA) is 73.3 Å². The molecule has 0 saturated carbocycles. The first-order valence-electron chi connectivity index (χ1n) is 9.43. The van der Waals surface area contributed by atoms with Crippen LogP contribution < -0.4 is 24.8 Å². The van der Waals surface area contributed by atoms with E-state index in [4.69, 9.17) is 18.9 Å². The number of anilines is 1. The summed E-state index contributed by atoms with van der Waals surface area (Å²) in [5.74, 6) is 2.30. The molecule has 0 fully saturated rings. The van der Waals surface area contributed by atoms with E-state index in [2.05, 4.69) is 15.6 Å². The second-order valence-electron chi connectivity index (χ2n) is 6.37. The van der Waals surface area contributed by atoms with Crippen molar-refractivity contribution in [2.75, 3.05) is 39.4 Å². The van der Waals surface area contributed by atoms with Crippen LogP contribution in [0.25, 0.3) is 0 Å². The first-order chi connectivity index (χ1) is 14.1. The predicted octanol–water partition coefficient (Wildman–Crippen LogP) is 3.33. The second-order valence-corrected chi connectivity index (χ2v) is 6.37. The predicted molar refractivity (Wildman–Crippen MR) is 110 cm³/mol. The van der Waals surface area contributed by atoms with Gasteiger partial charge in [0.25, 0.3) is 0 Å². The molecule has 0 amide bonds. The highest BCUT2D eigenvalue weighted by Gasteiger charge is 2.16. The van der Waals surface area contributed by atoms with Crippen LogP contribution in [-0.4, -0.2) is 40.1 Å². The van der Waals surface area contributed by atoms with Crippen molar-refractivity contribution >= 4 is 11.6 Å². The van der Waals surface area contributed by atoms with E-state index in [-0.39, 0.29) is 12.6 Å². The molecule has 29 heavy (non-hydrogen) atoms. The quantitative estimate of drug-likeness (QED) is 0.546. The molecule has 0 bridgehead atoms. The van der Waals surface area contributed by atoms with Gasteiger partial charge in [0.05, 0.1) is 20.8 Å². The summed E-state index contributed by atoms with van der Waals surface area (Å²) in [6, 6.07) is 8.48. The van der Waals surface area contributed by atoms with Crippen molar-refractivity contribution in [1.82, 2.24) is 5.32 Å². The van der Waals surface area contributed by atoms with Crippen molar-refractivity contribution in [2.24, 2.45) is 4.99 Å². The summed E-state index contributed by atoms with van der Waals surface area (Å²) in [6.45, 7) is 3.69. The molecule has 0 unspecified atom stereocenters. The zero-order valence-electron chi connectivity index (χ0n) is 16.9. The summed E-state index contributed by atoms with van der Waals surface area (Å²) >= 11 is 0. The van der Waals surface area contributed by atoms with Gasteiger partial charge in [-0.25, -0.2) is 4.39 Å². The number of ether oxygens (including phenoxy) is 4. The van der Waals surface area contributed by atoms with Crippen LogP contribution in [0.5, 0.6) is 17.2 Å². The van der Waals surface area contributed by atoms with E-state index >= 15 is 0 Å². The second kappa shape index (κ2) is 9.97. The van der Waals surface area contributed by atoms with Crippen molar-refractivity contribution in [1.29, 1.82) is 0 Å². The lowest BCUT2D eigenvalue weighted by Crippen LogP contribution is -2.31. The van der Waals surface area contributed by atoms with Gasteiger partial charge in [-0.3, -0.25) is 4.99 Å². The third-order valence-electron chi connectivity index (χ3n) is 4.39. The Balaban J connectivity index is 1.71. The fraction of sp³-hybridized carbons (Fsp3) is 0.381. The van der Waals surface area contributed by atoms with Crippen LogP contribution in [0.3, 0.4) is 0 Å². The first kappa shape index (κ1) is 20.7. The number of hydrogen-bond acceptors (Lipinski definition) is 5. The number of hydrogen-bond donors (Lipinski definition) is 2. The number of aliphatic imine (C=N–C) groups is 1. The maximum absolute atomic E-state index is 13.9. The van der Waals surface area contributed by atoms with Crippen LogP contribution in [0.2, 0.25) is 0 Å². The van der Waals surface area contributed by atoms with Gasteiger partial charge < -0.3 is 29.6 Å². The molecular formula is C21H26FN3O4. The molecule has 7 nitrogen and oxygen atoms in total. The average molecular weight is 403 g/mol. The van der Waals surface area contributed by atoms with E-state index < -0.39 is 0 Å². The van der Waals surface area contributed by atoms with Crippen molar-refractivity contribution in [3.8, 4) is 17.2 Å².